The van der Waals surface area contributed by atoms with E-state index in [9.17, 15) is 4.39 Å². The number of fused-ring (bicyclic) bond motifs is 2. The Morgan fingerprint density at radius 3 is 2.63 bits per heavy atom. The van der Waals surface area contributed by atoms with Crippen molar-refractivity contribution in [3.8, 4) is 11.9 Å². The maximum absolute atomic E-state index is 14.3. The Labute approximate surface area is 269 Å². The summed E-state index contributed by atoms with van der Waals surface area (Å²) in [7, 11) is 0. The number of aromatic nitrogens is 3. The van der Waals surface area contributed by atoms with E-state index in [2.05, 4.69) is 40.7 Å². The minimum Gasteiger partial charge on any atom is -0.473 e. The number of imidazole rings is 1. The van der Waals surface area contributed by atoms with Crippen LogP contribution in [0.15, 0.2) is 54.6 Å². The fraction of sp³-hybridized carbons (Fsp3) is 0.472. The third kappa shape index (κ3) is 6.51. The molecule has 0 bridgehead atoms. The van der Waals surface area contributed by atoms with Gasteiger partial charge in [-0.05, 0) is 74.9 Å². The molecule has 4 aromatic rings. The molecule has 240 valence electrons. The highest BCUT2D eigenvalue weighted by Crippen LogP contribution is 2.58. The van der Waals surface area contributed by atoms with Crippen LogP contribution in [0.4, 0.5) is 4.39 Å². The first-order chi connectivity index (χ1) is 22.1. The van der Waals surface area contributed by atoms with Gasteiger partial charge in [0.1, 0.15) is 18.2 Å². The summed E-state index contributed by atoms with van der Waals surface area (Å²) in [4.78, 5) is 12.4. The van der Waals surface area contributed by atoms with Gasteiger partial charge >= 0.3 is 0 Å². The van der Waals surface area contributed by atoms with E-state index < -0.39 is 5.82 Å². The topological polar surface area (TPSA) is 111 Å². The van der Waals surface area contributed by atoms with Gasteiger partial charge in [-0.3, -0.25) is 4.90 Å². The number of nitriles is 1. The predicted octanol–water partition coefficient (Wildman–Crippen LogP) is 5.47. The van der Waals surface area contributed by atoms with Crippen molar-refractivity contribution < 1.29 is 18.6 Å². The molecule has 7 rings (SSSR count). The molecule has 0 amide bonds. The van der Waals surface area contributed by atoms with Gasteiger partial charge in [-0.1, -0.05) is 18.2 Å². The maximum Gasteiger partial charge on any atom is 0.213 e. The molecule has 46 heavy (non-hydrogen) atoms. The number of likely N-dealkylation sites (tertiary alicyclic amines) is 1. The lowest BCUT2D eigenvalue weighted by atomic mass is 10.1. The van der Waals surface area contributed by atoms with Crippen molar-refractivity contribution in [2.45, 2.75) is 70.6 Å². The van der Waals surface area contributed by atoms with Crippen LogP contribution in [-0.4, -0.2) is 57.4 Å². The first-order valence-corrected chi connectivity index (χ1v) is 16.2. The van der Waals surface area contributed by atoms with Gasteiger partial charge in [-0.2, -0.15) is 5.26 Å². The molecule has 1 saturated carbocycles. The summed E-state index contributed by atoms with van der Waals surface area (Å²) in [6.07, 6.45) is 1.21. The molecule has 0 radical (unpaired) electrons. The summed E-state index contributed by atoms with van der Waals surface area (Å²) in [5.41, 5.74) is 10.7. The van der Waals surface area contributed by atoms with E-state index in [0.29, 0.717) is 35.8 Å². The van der Waals surface area contributed by atoms with Crippen molar-refractivity contribution in [2.75, 3.05) is 26.3 Å². The standard InChI is InChI=1S/C36H41FN6O3/c1-22(46-21-36(2,3)39)24-9-10-30-32(14-24)43(16-26-11-12-44-26)33(40-30)19-42-17-27-28(18-42)35(27)31-5-4-6-34(41-31)45-20-25-8-7-23(15-38)13-29(25)37/h4-10,13-14,22,26-28,35H,11-12,16-21,39H2,1-3H3/t22-,26?,27?,28?,35?/m0/s1. The van der Waals surface area contributed by atoms with Crippen LogP contribution < -0.4 is 10.5 Å². The molecule has 2 N–H and O–H groups in total. The van der Waals surface area contributed by atoms with Crippen molar-refractivity contribution in [3.63, 3.8) is 0 Å². The van der Waals surface area contributed by atoms with Gasteiger partial charge in [-0.15, -0.1) is 0 Å². The van der Waals surface area contributed by atoms with Crippen molar-refractivity contribution in [2.24, 2.45) is 17.6 Å². The van der Waals surface area contributed by atoms with Crippen LogP contribution in [0, 0.1) is 29.0 Å². The minimum atomic E-state index is -0.448. The van der Waals surface area contributed by atoms with E-state index >= 15 is 0 Å². The van der Waals surface area contributed by atoms with Crippen LogP contribution in [0.25, 0.3) is 11.0 Å². The number of pyridine rings is 1. The second-order valence-electron chi connectivity index (χ2n) is 13.8. The second kappa shape index (κ2) is 12.4. The largest absolute Gasteiger partial charge is 0.473 e. The molecule has 0 spiro atoms. The monoisotopic (exact) mass is 624 g/mol. The summed E-state index contributed by atoms with van der Waals surface area (Å²) in [5, 5.41) is 8.98. The Morgan fingerprint density at radius 1 is 1.13 bits per heavy atom. The summed E-state index contributed by atoms with van der Waals surface area (Å²) in [6, 6.07) is 18.6. The first kappa shape index (κ1) is 30.8. The van der Waals surface area contributed by atoms with Crippen LogP contribution in [0.5, 0.6) is 5.88 Å². The van der Waals surface area contributed by atoms with Crippen LogP contribution in [0.3, 0.4) is 0 Å². The molecule has 2 aliphatic heterocycles. The van der Waals surface area contributed by atoms with Crippen LogP contribution in [0.1, 0.15) is 67.4 Å². The van der Waals surface area contributed by atoms with Gasteiger partial charge in [0.05, 0.1) is 54.6 Å². The normalized spacial score (nSPS) is 23.1. The molecule has 9 nitrogen and oxygen atoms in total. The number of halogens is 1. The predicted molar refractivity (Wildman–Crippen MR) is 171 cm³/mol. The summed E-state index contributed by atoms with van der Waals surface area (Å²) < 4.78 is 34.4. The smallest absolute Gasteiger partial charge is 0.213 e. The number of piperidine rings is 1. The lowest BCUT2D eigenvalue weighted by Crippen LogP contribution is -2.37. The molecular formula is C36H41FN6O3. The third-order valence-corrected chi connectivity index (χ3v) is 9.48. The average molecular weight is 625 g/mol. The number of rotatable bonds is 12. The zero-order chi connectivity index (χ0) is 32.0. The summed E-state index contributed by atoms with van der Waals surface area (Å²) in [6.45, 7) is 11.0. The number of hydrogen-bond donors (Lipinski definition) is 1. The van der Waals surface area contributed by atoms with Gasteiger partial charge in [0.25, 0.3) is 0 Å². The quantitative estimate of drug-likeness (QED) is 0.221. The van der Waals surface area contributed by atoms with E-state index in [1.165, 1.54) is 6.07 Å². The lowest BCUT2D eigenvalue weighted by molar-refractivity contribution is -0.0591. The molecule has 3 fully saturated rings. The van der Waals surface area contributed by atoms with Crippen molar-refractivity contribution >= 4 is 11.0 Å². The van der Waals surface area contributed by atoms with Crippen molar-refractivity contribution in [1.82, 2.24) is 19.4 Å². The van der Waals surface area contributed by atoms with Crippen LogP contribution in [0.2, 0.25) is 0 Å². The molecule has 2 aromatic heterocycles. The highest BCUT2D eigenvalue weighted by atomic mass is 19.1. The molecule has 4 heterocycles. The zero-order valence-corrected chi connectivity index (χ0v) is 26.7. The van der Waals surface area contributed by atoms with E-state index in [-0.39, 0.29) is 29.9 Å². The molecule has 1 aliphatic carbocycles. The molecule has 4 atom stereocenters. The fourth-order valence-corrected chi connectivity index (χ4v) is 6.80. The molecule has 10 heteroatoms. The lowest BCUT2D eigenvalue weighted by Gasteiger charge is -2.28. The SMILES string of the molecule is C[C@H](OCC(C)(C)N)c1ccc2nc(CN3CC4C(C3)C4c3cccc(OCc4ccc(C#N)cc4F)n3)n(CC3CCO3)c2c1. The Bertz CT molecular complexity index is 1760. The van der Waals surface area contributed by atoms with E-state index in [1.54, 1.807) is 12.1 Å². The number of nitrogens with zero attached hydrogens (tertiary/aromatic N) is 5. The van der Waals surface area contributed by atoms with Gasteiger partial charge in [0, 0.05) is 48.5 Å². The minimum absolute atomic E-state index is 0.0610. The molecule has 3 unspecified atom stereocenters. The first-order valence-electron chi connectivity index (χ1n) is 16.2. The number of benzene rings is 2. The van der Waals surface area contributed by atoms with Crippen LogP contribution in [-0.2, 0) is 29.2 Å². The van der Waals surface area contributed by atoms with Crippen molar-refractivity contribution in [1.29, 1.82) is 5.26 Å². The van der Waals surface area contributed by atoms with Crippen LogP contribution >= 0.6 is 0 Å². The Balaban J connectivity index is 1.01. The number of nitrogens with two attached hydrogens (primary N) is 1. The molecule has 3 aliphatic rings. The van der Waals surface area contributed by atoms with Gasteiger partial charge < -0.3 is 24.5 Å². The third-order valence-electron chi connectivity index (χ3n) is 9.48. The molecular weight excluding hydrogens is 583 g/mol. The Kier molecular flexibility index (Phi) is 8.28. The number of hydrogen-bond acceptors (Lipinski definition) is 8. The van der Waals surface area contributed by atoms with Crippen molar-refractivity contribution in [3.05, 3.63) is 88.6 Å². The van der Waals surface area contributed by atoms with E-state index in [0.717, 1.165) is 67.3 Å². The summed E-state index contributed by atoms with van der Waals surface area (Å²) >= 11 is 0. The maximum atomic E-state index is 14.3. The van der Waals surface area contributed by atoms with E-state index in [4.69, 9.17) is 35.2 Å². The van der Waals surface area contributed by atoms with Gasteiger partial charge in [-0.25, -0.2) is 14.4 Å². The second-order valence-corrected chi connectivity index (χ2v) is 13.8. The highest BCUT2D eigenvalue weighted by molar-refractivity contribution is 5.77. The molecule has 2 aromatic carbocycles. The average Bonchev–Trinajstić information content (AvgIpc) is 3.33. The van der Waals surface area contributed by atoms with E-state index in [1.807, 2.05) is 32.0 Å². The zero-order valence-electron chi connectivity index (χ0n) is 26.7. The highest BCUT2D eigenvalue weighted by Gasteiger charge is 2.57. The molecule has 2 saturated heterocycles. The van der Waals surface area contributed by atoms with Gasteiger partial charge in [0.15, 0.2) is 0 Å². The number of ether oxygens (including phenoxy) is 3. The Morgan fingerprint density at radius 2 is 1.93 bits per heavy atom. The Hall–Kier alpha value is -3.88. The summed E-state index contributed by atoms with van der Waals surface area (Å²) in [5.74, 6) is 2.60. The van der Waals surface area contributed by atoms with Gasteiger partial charge in [0.2, 0.25) is 5.88 Å². The fourth-order valence-electron chi connectivity index (χ4n) is 6.80.